The highest BCUT2D eigenvalue weighted by Crippen LogP contribution is 2.35. The van der Waals surface area contributed by atoms with Crippen LogP contribution in [-0.4, -0.2) is 58.0 Å². The zero-order valence-electron chi connectivity index (χ0n) is 19.2. The normalized spacial score (nSPS) is 28.2. The van der Waals surface area contributed by atoms with Gasteiger partial charge in [-0.2, -0.15) is 0 Å². The van der Waals surface area contributed by atoms with Gasteiger partial charge < -0.3 is 15.4 Å². The lowest BCUT2D eigenvalue weighted by Gasteiger charge is -2.42. The summed E-state index contributed by atoms with van der Waals surface area (Å²) in [5, 5.41) is 0. The van der Waals surface area contributed by atoms with E-state index in [9.17, 15) is 14.4 Å². The average molecular weight is 410 g/mol. The van der Waals surface area contributed by atoms with Crippen molar-refractivity contribution < 1.29 is 19.1 Å². The van der Waals surface area contributed by atoms with Crippen molar-refractivity contribution in [3.05, 3.63) is 0 Å². The lowest BCUT2D eigenvalue weighted by atomic mass is 9.84. The first kappa shape index (κ1) is 23.5. The molecule has 0 aromatic rings. The Kier molecular flexibility index (Phi) is 6.90. The number of likely N-dealkylation sites (tertiary alicyclic amines) is 1. The number of ether oxygens (including phenoxy) is 1. The first-order valence-corrected chi connectivity index (χ1v) is 10.8. The van der Waals surface area contributed by atoms with Crippen LogP contribution in [0.1, 0.15) is 80.6 Å². The van der Waals surface area contributed by atoms with Gasteiger partial charge in [-0.25, -0.2) is 4.79 Å². The highest BCUT2D eigenvalue weighted by molar-refractivity contribution is 5.86. The molecule has 0 radical (unpaired) electrons. The number of carbonyl (C=O) groups is 3. The van der Waals surface area contributed by atoms with Crippen LogP contribution in [0.15, 0.2) is 0 Å². The monoisotopic (exact) mass is 409 g/mol. The van der Waals surface area contributed by atoms with Crippen molar-refractivity contribution in [2.45, 2.75) is 104 Å². The number of hydrogen-bond donors (Lipinski definition) is 1. The summed E-state index contributed by atoms with van der Waals surface area (Å²) in [4.78, 5) is 41.6. The standard InChI is InChI=1S/C22H39N3O4/c1-14-8-10-15(11-9-14)25(19(27)21(2,3)4)16-12-17(18(23)26)24(13-16)20(28)29-22(5,6)7/h14-17H,8-13H2,1-7H3,(H2,23,26)/t14-,15+,16-,17-/m0/s1. The third kappa shape index (κ3) is 5.86. The van der Waals surface area contributed by atoms with Crippen LogP contribution in [0.2, 0.25) is 0 Å². The lowest BCUT2D eigenvalue weighted by molar-refractivity contribution is -0.145. The van der Waals surface area contributed by atoms with E-state index >= 15 is 0 Å². The molecule has 2 fully saturated rings. The van der Waals surface area contributed by atoms with Gasteiger partial charge in [-0.15, -0.1) is 0 Å². The molecule has 2 atom stereocenters. The molecule has 29 heavy (non-hydrogen) atoms. The van der Waals surface area contributed by atoms with Crippen molar-refractivity contribution in [3.63, 3.8) is 0 Å². The van der Waals surface area contributed by atoms with E-state index in [0.29, 0.717) is 12.3 Å². The van der Waals surface area contributed by atoms with Crippen molar-refractivity contribution in [2.24, 2.45) is 17.1 Å². The Morgan fingerprint density at radius 2 is 1.52 bits per heavy atom. The second-order valence-corrected chi connectivity index (χ2v) is 10.8. The van der Waals surface area contributed by atoms with Gasteiger partial charge in [0, 0.05) is 18.0 Å². The fourth-order valence-electron chi connectivity index (χ4n) is 4.35. The van der Waals surface area contributed by atoms with Crippen LogP contribution in [-0.2, 0) is 14.3 Å². The molecule has 0 bridgehead atoms. The van der Waals surface area contributed by atoms with Gasteiger partial charge in [0.05, 0.1) is 6.04 Å². The van der Waals surface area contributed by atoms with Crippen LogP contribution in [0.3, 0.4) is 0 Å². The summed E-state index contributed by atoms with van der Waals surface area (Å²) < 4.78 is 5.49. The SMILES string of the molecule is CC(C)(C)OC(=O)N1C[C@@H](N(C(=O)C(C)(C)C)[C@H]2CC[C@@H](C)CC2)C[C@H]1C(N)=O. The van der Waals surface area contributed by atoms with E-state index in [4.69, 9.17) is 10.5 Å². The fourth-order valence-corrected chi connectivity index (χ4v) is 4.35. The van der Waals surface area contributed by atoms with E-state index in [1.165, 1.54) is 4.90 Å². The third-order valence-electron chi connectivity index (χ3n) is 5.88. The van der Waals surface area contributed by atoms with E-state index in [2.05, 4.69) is 6.92 Å². The quantitative estimate of drug-likeness (QED) is 0.774. The second kappa shape index (κ2) is 8.52. The maximum atomic E-state index is 13.4. The van der Waals surface area contributed by atoms with Gasteiger partial charge in [-0.1, -0.05) is 27.7 Å². The Balaban J connectivity index is 2.29. The van der Waals surface area contributed by atoms with Gasteiger partial charge in [0.1, 0.15) is 11.6 Å². The molecule has 7 nitrogen and oxygen atoms in total. The van der Waals surface area contributed by atoms with Crippen molar-refractivity contribution in [1.29, 1.82) is 0 Å². The minimum Gasteiger partial charge on any atom is -0.444 e. The zero-order chi connectivity index (χ0) is 22.1. The number of nitrogens with zero attached hydrogens (tertiary/aromatic N) is 2. The van der Waals surface area contributed by atoms with E-state index in [-0.39, 0.29) is 24.5 Å². The van der Waals surface area contributed by atoms with Gasteiger partial charge in [-0.3, -0.25) is 14.5 Å². The Labute approximate surface area is 175 Å². The molecule has 0 unspecified atom stereocenters. The van der Waals surface area contributed by atoms with Gasteiger partial charge in [0.15, 0.2) is 0 Å². The topological polar surface area (TPSA) is 92.9 Å². The molecule has 1 saturated heterocycles. The molecule has 2 aliphatic rings. The van der Waals surface area contributed by atoms with E-state index in [0.717, 1.165) is 25.7 Å². The molecule has 1 aliphatic carbocycles. The van der Waals surface area contributed by atoms with Gasteiger partial charge in [0.2, 0.25) is 11.8 Å². The summed E-state index contributed by atoms with van der Waals surface area (Å²) in [7, 11) is 0. The minimum atomic E-state index is -0.757. The molecular weight excluding hydrogens is 370 g/mol. The predicted octanol–water partition coefficient (Wildman–Crippen LogP) is 3.30. The Morgan fingerprint density at radius 3 is 1.97 bits per heavy atom. The Morgan fingerprint density at radius 1 is 0.966 bits per heavy atom. The first-order valence-electron chi connectivity index (χ1n) is 10.8. The highest BCUT2D eigenvalue weighted by Gasteiger charge is 2.47. The van der Waals surface area contributed by atoms with E-state index in [1.807, 2.05) is 25.7 Å². The maximum absolute atomic E-state index is 13.4. The van der Waals surface area contributed by atoms with Gasteiger partial charge in [-0.05, 0) is 58.8 Å². The van der Waals surface area contributed by atoms with E-state index < -0.39 is 29.1 Å². The molecule has 2 N–H and O–H groups in total. The van der Waals surface area contributed by atoms with Crippen molar-refractivity contribution in [3.8, 4) is 0 Å². The Hall–Kier alpha value is -1.79. The van der Waals surface area contributed by atoms with Crippen LogP contribution >= 0.6 is 0 Å². The van der Waals surface area contributed by atoms with Gasteiger partial charge >= 0.3 is 6.09 Å². The van der Waals surface area contributed by atoms with Crippen molar-refractivity contribution >= 4 is 17.9 Å². The smallest absolute Gasteiger partial charge is 0.411 e. The lowest BCUT2D eigenvalue weighted by Crippen LogP contribution is -2.53. The summed E-state index contributed by atoms with van der Waals surface area (Å²) >= 11 is 0. The molecule has 0 aromatic heterocycles. The predicted molar refractivity (Wildman–Crippen MR) is 112 cm³/mol. The van der Waals surface area contributed by atoms with Crippen LogP contribution in [0.25, 0.3) is 0 Å². The molecule has 1 aliphatic heterocycles. The number of hydrogen-bond acceptors (Lipinski definition) is 4. The largest absolute Gasteiger partial charge is 0.444 e. The molecule has 0 spiro atoms. The third-order valence-corrected chi connectivity index (χ3v) is 5.88. The molecular formula is C22H39N3O4. The summed E-state index contributed by atoms with van der Waals surface area (Å²) in [6.07, 6.45) is 3.88. The second-order valence-electron chi connectivity index (χ2n) is 10.8. The number of nitrogens with two attached hydrogens (primary N) is 1. The van der Waals surface area contributed by atoms with Gasteiger partial charge in [0.25, 0.3) is 0 Å². The fraction of sp³-hybridized carbons (Fsp3) is 0.864. The number of primary amides is 1. The number of rotatable bonds is 3. The maximum Gasteiger partial charge on any atom is 0.411 e. The highest BCUT2D eigenvalue weighted by atomic mass is 16.6. The molecule has 3 amide bonds. The summed E-state index contributed by atoms with van der Waals surface area (Å²) in [5.74, 6) is 0.174. The van der Waals surface area contributed by atoms with Crippen LogP contribution < -0.4 is 5.73 Å². The average Bonchev–Trinajstić information content (AvgIpc) is 3.00. The minimum absolute atomic E-state index is 0.0660. The molecule has 2 rings (SSSR count). The molecule has 166 valence electrons. The molecule has 1 heterocycles. The first-order chi connectivity index (χ1) is 13.2. The summed E-state index contributed by atoms with van der Waals surface area (Å²) in [5.41, 5.74) is 4.41. The van der Waals surface area contributed by atoms with Crippen molar-refractivity contribution in [2.75, 3.05) is 6.54 Å². The molecule has 7 heteroatoms. The van der Waals surface area contributed by atoms with Crippen LogP contribution in [0, 0.1) is 11.3 Å². The number of amides is 3. The summed E-state index contributed by atoms with van der Waals surface area (Å²) in [6.45, 7) is 13.6. The zero-order valence-corrected chi connectivity index (χ0v) is 19.2. The number of carbonyl (C=O) groups excluding carboxylic acids is 3. The van der Waals surface area contributed by atoms with Crippen molar-refractivity contribution in [1.82, 2.24) is 9.80 Å². The molecule has 1 saturated carbocycles. The van der Waals surface area contributed by atoms with Crippen LogP contribution in [0.5, 0.6) is 0 Å². The molecule has 0 aromatic carbocycles. The van der Waals surface area contributed by atoms with Crippen LogP contribution in [0.4, 0.5) is 4.79 Å². The summed E-state index contributed by atoms with van der Waals surface area (Å²) in [6, 6.07) is -0.854. The Bertz CT molecular complexity index is 627. The van der Waals surface area contributed by atoms with E-state index in [1.54, 1.807) is 20.8 Å².